The molecule has 1 aromatic carbocycles. The lowest BCUT2D eigenvalue weighted by atomic mass is 10.2. The number of aryl methyl sites for hydroxylation is 1. The van der Waals surface area contributed by atoms with Crippen LogP contribution in [-0.2, 0) is 11.2 Å². The average Bonchev–Trinajstić information content (AvgIpc) is 2.41. The number of hydrogen-bond acceptors (Lipinski definition) is 4. The molecule has 2 rings (SSSR count). The van der Waals surface area contributed by atoms with Crippen LogP contribution in [0.25, 0.3) is 0 Å². The summed E-state index contributed by atoms with van der Waals surface area (Å²) in [5.74, 6) is -0.850. The van der Waals surface area contributed by atoms with Crippen LogP contribution in [-0.4, -0.2) is 16.1 Å². The Labute approximate surface area is 121 Å². The molecule has 0 fully saturated rings. The Morgan fingerprint density at radius 2 is 2.05 bits per heavy atom. The number of hydrogen-bond donors (Lipinski definition) is 1. The van der Waals surface area contributed by atoms with Gasteiger partial charge in [-0.2, -0.15) is 5.26 Å². The molecule has 0 saturated carbocycles. The van der Waals surface area contributed by atoms with E-state index in [0.29, 0.717) is 10.6 Å². The van der Waals surface area contributed by atoms with E-state index in [1.807, 2.05) is 19.1 Å². The van der Waals surface area contributed by atoms with E-state index >= 15 is 0 Å². The largest absolute Gasteiger partial charge is 0.481 e. The monoisotopic (exact) mass is 284 g/mol. The van der Waals surface area contributed by atoms with E-state index in [2.05, 4.69) is 11.1 Å². The van der Waals surface area contributed by atoms with Crippen LogP contribution in [0.5, 0.6) is 0 Å². The van der Waals surface area contributed by atoms with Gasteiger partial charge in [-0.05, 0) is 36.2 Å². The fourth-order valence-corrected chi connectivity index (χ4v) is 2.63. The zero-order chi connectivity index (χ0) is 14.5. The summed E-state index contributed by atoms with van der Waals surface area (Å²) in [7, 11) is 0. The Kier molecular flexibility index (Phi) is 4.38. The molecule has 0 aliphatic rings. The summed E-state index contributed by atoms with van der Waals surface area (Å²) in [5.41, 5.74) is 2.22. The minimum absolute atomic E-state index is 0.0110. The van der Waals surface area contributed by atoms with Gasteiger partial charge >= 0.3 is 5.97 Å². The number of aliphatic carboxylic acids is 1. The zero-order valence-corrected chi connectivity index (χ0v) is 11.6. The van der Waals surface area contributed by atoms with Crippen LogP contribution in [0.4, 0.5) is 0 Å². The minimum Gasteiger partial charge on any atom is -0.481 e. The molecular weight excluding hydrogens is 272 g/mol. The Morgan fingerprint density at radius 3 is 2.65 bits per heavy atom. The smallest absolute Gasteiger partial charge is 0.307 e. The topological polar surface area (TPSA) is 74.0 Å². The van der Waals surface area contributed by atoms with Gasteiger partial charge in [-0.15, -0.1) is 0 Å². The van der Waals surface area contributed by atoms with Crippen LogP contribution < -0.4 is 0 Å². The van der Waals surface area contributed by atoms with Crippen LogP contribution in [0, 0.1) is 18.3 Å². The highest BCUT2D eigenvalue weighted by atomic mass is 32.2. The number of nitrogens with zero attached hydrogens (tertiary/aromatic N) is 2. The Balaban J connectivity index is 2.21. The fraction of sp³-hybridized carbons (Fsp3) is 0.133. The molecular formula is C15H12N2O2S. The molecule has 0 unspecified atom stereocenters. The number of benzene rings is 1. The van der Waals surface area contributed by atoms with E-state index in [0.717, 1.165) is 16.0 Å². The van der Waals surface area contributed by atoms with E-state index in [-0.39, 0.29) is 6.42 Å². The first-order valence-corrected chi connectivity index (χ1v) is 6.76. The second-order valence-electron chi connectivity index (χ2n) is 4.24. The third-order valence-corrected chi connectivity index (χ3v) is 3.74. The normalized spacial score (nSPS) is 10.0. The van der Waals surface area contributed by atoms with Crippen molar-refractivity contribution in [1.29, 1.82) is 5.26 Å². The highest BCUT2D eigenvalue weighted by Crippen LogP contribution is 2.29. The predicted molar refractivity (Wildman–Crippen MR) is 75.6 cm³/mol. The predicted octanol–water partition coefficient (Wildman–Crippen LogP) is 3.04. The van der Waals surface area contributed by atoms with Crippen molar-refractivity contribution >= 4 is 17.7 Å². The first-order valence-electron chi connectivity index (χ1n) is 5.94. The molecule has 4 nitrogen and oxygen atoms in total. The minimum atomic E-state index is -0.850. The van der Waals surface area contributed by atoms with E-state index in [9.17, 15) is 4.79 Å². The third kappa shape index (κ3) is 3.37. The van der Waals surface area contributed by atoms with Crippen molar-refractivity contribution in [1.82, 2.24) is 4.98 Å². The number of aromatic nitrogens is 1. The van der Waals surface area contributed by atoms with Gasteiger partial charge in [-0.1, -0.05) is 23.9 Å². The summed E-state index contributed by atoms with van der Waals surface area (Å²) in [4.78, 5) is 15.8. The number of rotatable bonds is 4. The summed E-state index contributed by atoms with van der Waals surface area (Å²) in [5, 5.41) is 18.5. The third-order valence-electron chi connectivity index (χ3n) is 2.73. The lowest BCUT2D eigenvalue weighted by Gasteiger charge is -2.05. The molecule has 100 valence electrons. The second kappa shape index (κ2) is 6.22. The number of carbonyl (C=O) groups is 1. The summed E-state index contributed by atoms with van der Waals surface area (Å²) in [6.07, 6.45) is 1.69. The van der Waals surface area contributed by atoms with Gasteiger partial charge in [-0.3, -0.25) is 4.79 Å². The fourth-order valence-electron chi connectivity index (χ4n) is 1.71. The molecule has 1 N–H and O–H groups in total. The Morgan fingerprint density at radius 1 is 1.35 bits per heavy atom. The van der Waals surface area contributed by atoms with Crippen molar-refractivity contribution in [2.24, 2.45) is 0 Å². The highest BCUT2D eigenvalue weighted by Gasteiger charge is 2.08. The summed E-state index contributed by atoms with van der Waals surface area (Å²) < 4.78 is 0. The molecule has 0 atom stereocenters. The molecule has 0 amide bonds. The zero-order valence-electron chi connectivity index (χ0n) is 10.8. The number of carboxylic acids is 1. The van der Waals surface area contributed by atoms with Gasteiger partial charge in [0.1, 0.15) is 11.1 Å². The number of carboxylic acid groups (broad SMARTS) is 1. The quantitative estimate of drug-likeness (QED) is 0.934. The molecule has 0 radical (unpaired) electrons. The van der Waals surface area contributed by atoms with Crippen LogP contribution in [0.3, 0.4) is 0 Å². The van der Waals surface area contributed by atoms with Gasteiger partial charge in [0.05, 0.1) is 12.0 Å². The van der Waals surface area contributed by atoms with Crippen molar-refractivity contribution < 1.29 is 9.90 Å². The molecule has 1 aromatic heterocycles. The Hall–Kier alpha value is -2.32. The summed E-state index contributed by atoms with van der Waals surface area (Å²) in [6.45, 7) is 1.88. The van der Waals surface area contributed by atoms with Gasteiger partial charge in [0.2, 0.25) is 0 Å². The van der Waals surface area contributed by atoms with E-state index in [4.69, 9.17) is 10.4 Å². The average molecular weight is 284 g/mol. The lowest BCUT2D eigenvalue weighted by Crippen LogP contribution is -1.99. The molecule has 0 aliphatic carbocycles. The first kappa shape index (κ1) is 14.1. The van der Waals surface area contributed by atoms with Crippen LogP contribution in [0.2, 0.25) is 0 Å². The van der Waals surface area contributed by atoms with Gasteiger partial charge in [-0.25, -0.2) is 4.98 Å². The maximum absolute atomic E-state index is 10.6. The van der Waals surface area contributed by atoms with E-state index in [1.165, 1.54) is 11.8 Å². The van der Waals surface area contributed by atoms with Crippen molar-refractivity contribution in [2.45, 2.75) is 23.3 Å². The SMILES string of the molecule is Cc1ccnc(Sc2ccc(CC(=O)O)cc2)c1C#N. The number of nitriles is 1. The van der Waals surface area contributed by atoms with Crippen LogP contribution >= 0.6 is 11.8 Å². The molecule has 2 aromatic rings. The summed E-state index contributed by atoms with van der Waals surface area (Å²) in [6, 6.07) is 11.2. The summed E-state index contributed by atoms with van der Waals surface area (Å²) >= 11 is 1.40. The van der Waals surface area contributed by atoms with Crippen LogP contribution in [0.15, 0.2) is 46.5 Å². The number of pyridine rings is 1. The molecule has 1 heterocycles. The molecule has 0 aliphatic heterocycles. The van der Waals surface area contributed by atoms with Gasteiger partial charge < -0.3 is 5.11 Å². The standard InChI is InChI=1S/C15H12N2O2S/c1-10-6-7-17-15(13(10)9-16)20-12-4-2-11(3-5-12)8-14(18)19/h2-7H,8H2,1H3,(H,18,19). The Bertz CT molecular complexity index is 675. The van der Waals surface area contributed by atoms with Gasteiger partial charge in [0.25, 0.3) is 0 Å². The van der Waals surface area contributed by atoms with Crippen molar-refractivity contribution in [3.05, 3.63) is 53.2 Å². The van der Waals surface area contributed by atoms with Crippen molar-refractivity contribution in [3.63, 3.8) is 0 Å². The van der Waals surface area contributed by atoms with Gasteiger partial charge in [0, 0.05) is 11.1 Å². The molecule has 20 heavy (non-hydrogen) atoms. The van der Waals surface area contributed by atoms with Crippen molar-refractivity contribution in [2.75, 3.05) is 0 Å². The maximum Gasteiger partial charge on any atom is 0.307 e. The molecule has 0 bridgehead atoms. The van der Waals surface area contributed by atoms with Gasteiger partial charge in [0.15, 0.2) is 0 Å². The molecule has 0 saturated heterocycles. The van der Waals surface area contributed by atoms with Crippen LogP contribution in [0.1, 0.15) is 16.7 Å². The van der Waals surface area contributed by atoms with E-state index < -0.39 is 5.97 Å². The van der Waals surface area contributed by atoms with E-state index in [1.54, 1.807) is 24.4 Å². The highest BCUT2D eigenvalue weighted by molar-refractivity contribution is 7.99. The lowest BCUT2D eigenvalue weighted by molar-refractivity contribution is -0.136. The van der Waals surface area contributed by atoms with Crippen molar-refractivity contribution in [3.8, 4) is 6.07 Å². The molecule has 5 heteroatoms. The first-order chi connectivity index (χ1) is 9.60. The maximum atomic E-state index is 10.6. The molecule has 0 spiro atoms. The second-order valence-corrected chi connectivity index (χ2v) is 5.30.